The number of epoxide rings is 1. The molecule has 1 amide bonds. The number of halogens is 1. The number of hydrogen-bond donors (Lipinski definition) is 3. The SMILES string of the molecule is C[C@@H]1C[C@H]2O[C@@H]2/C=C/C=C/C(=N\OCC(=O)NCCc2cccn2C)Cc2c(Cl)c(O)cc(O)c2C(=O)O1. The lowest BCUT2D eigenvalue weighted by Crippen LogP contribution is -2.29. The maximum atomic E-state index is 13.0. The van der Waals surface area contributed by atoms with Gasteiger partial charge in [0.25, 0.3) is 5.91 Å². The maximum absolute atomic E-state index is 13.0. The quantitative estimate of drug-likeness (QED) is 0.289. The number of cyclic esters (lactones) is 1. The van der Waals surface area contributed by atoms with Crippen molar-refractivity contribution in [3.05, 3.63) is 70.5 Å². The highest BCUT2D eigenvalue weighted by atomic mass is 35.5. The molecule has 1 aromatic heterocycles. The minimum absolute atomic E-state index is 0.0848. The van der Waals surface area contributed by atoms with Crippen LogP contribution in [0.3, 0.4) is 0 Å². The molecule has 0 saturated carbocycles. The van der Waals surface area contributed by atoms with Gasteiger partial charge in [0.1, 0.15) is 29.3 Å². The molecule has 2 aliphatic rings. The third kappa shape index (κ3) is 6.96. The molecule has 0 unspecified atom stereocenters. The highest BCUT2D eigenvalue weighted by Gasteiger charge is 2.38. The number of allylic oxidation sites excluding steroid dienone is 3. The molecule has 3 heterocycles. The van der Waals surface area contributed by atoms with E-state index in [-0.39, 0.29) is 53.0 Å². The van der Waals surface area contributed by atoms with Gasteiger partial charge in [0.2, 0.25) is 0 Å². The number of benzene rings is 1. The van der Waals surface area contributed by atoms with Crippen molar-refractivity contribution in [2.45, 2.75) is 44.5 Å². The van der Waals surface area contributed by atoms with Gasteiger partial charge in [0.05, 0.1) is 16.8 Å². The molecule has 1 saturated heterocycles. The summed E-state index contributed by atoms with van der Waals surface area (Å²) in [6, 6.07) is 4.90. The highest BCUT2D eigenvalue weighted by molar-refractivity contribution is 6.33. The Bertz CT molecular complexity index is 1280. The van der Waals surface area contributed by atoms with Crippen molar-refractivity contribution in [2.75, 3.05) is 13.2 Å². The van der Waals surface area contributed by atoms with Crippen LogP contribution in [-0.4, -0.2) is 63.8 Å². The Morgan fingerprint density at radius 3 is 2.89 bits per heavy atom. The number of nitrogens with one attached hydrogen (secondary N) is 1. The minimum atomic E-state index is -0.793. The predicted octanol–water partition coefficient (Wildman–Crippen LogP) is 3.19. The van der Waals surface area contributed by atoms with Crippen LogP contribution in [0.2, 0.25) is 5.02 Å². The summed E-state index contributed by atoms with van der Waals surface area (Å²) in [6.07, 6.45) is 9.33. The number of aromatic hydroxyl groups is 2. The van der Waals surface area contributed by atoms with Gasteiger partial charge in [-0.05, 0) is 30.7 Å². The van der Waals surface area contributed by atoms with E-state index in [1.807, 2.05) is 36.0 Å². The van der Waals surface area contributed by atoms with Gasteiger partial charge in [0, 0.05) is 50.8 Å². The summed E-state index contributed by atoms with van der Waals surface area (Å²) in [5, 5.41) is 27.4. The molecule has 10 nitrogen and oxygen atoms in total. The van der Waals surface area contributed by atoms with Crippen LogP contribution in [0.5, 0.6) is 11.5 Å². The zero-order chi connectivity index (χ0) is 27.2. The maximum Gasteiger partial charge on any atom is 0.342 e. The topological polar surface area (TPSA) is 135 Å². The number of rotatable bonds is 6. The molecule has 2 aliphatic heterocycles. The number of carbonyl (C=O) groups excluding carboxylic acids is 2. The zero-order valence-electron chi connectivity index (χ0n) is 21.1. The van der Waals surface area contributed by atoms with Crippen LogP contribution in [0.4, 0.5) is 0 Å². The van der Waals surface area contributed by atoms with Crippen molar-refractivity contribution >= 4 is 29.2 Å². The van der Waals surface area contributed by atoms with E-state index in [0.29, 0.717) is 19.4 Å². The number of hydrogen-bond acceptors (Lipinski definition) is 8. The third-order valence-corrected chi connectivity index (χ3v) is 6.63. The van der Waals surface area contributed by atoms with Crippen LogP contribution in [0.15, 0.2) is 53.9 Å². The smallest absolute Gasteiger partial charge is 0.342 e. The van der Waals surface area contributed by atoms with Crippen molar-refractivity contribution < 1.29 is 34.1 Å². The Kier molecular flexibility index (Phi) is 8.75. The minimum Gasteiger partial charge on any atom is -0.507 e. The van der Waals surface area contributed by atoms with E-state index in [0.717, 1.165) is 11.8 Å². The van der Waals surface area contributed by atoms with E-state index in [1.165, 1.54) is 0 Å². The van der Waals surface area contributed by atoms with E-state index in [9.17, 15) is 19.8 Å². The molecule has 4 rings (SSSR count). The van der Waals surface area contributed by atoms with E-state index < -0.39 is 23.6 Å². The zero-order valence-corrected chi connectivity index (χ0v) is 21.9. The van der Waals surface area contributed by atoms with Crippen molar-refractivity contribution in [2.24, 2.45) is 12.2 Å². The largest absolute Gasteiger partial charge is 0.507 e. The Morgan fingerprint density at radius 2 is 2.13 bits per heavy atom. The second-order valence-electron chi connectivity index (χ2n) is 9.16. The van der Waals surface area contributed by atoms with Gasteiger partial charge in [-0.2, -0.15) is 0 Å². The van der Waals surface area contributed by atoms with Crippen molar-refractivity contribution in [3.63, 3.8) is 0 Å². The lowest BCUT2D eigenvalue weighted by atomic mass is 9.99. The number of nitrogens with zero attached hydrogens (tertiary/aromatic N) is 2. The van der Waals surface area contributed by atoms with Crippen LogP contribution in [0, 0.1) is 0 Å². The van der Waals surface area contributed by atoms with Crippen LogP contribution in [-0.2, 0) is 39.0 Å². The first kappa shape index (κ1) is 27.3. The Balaban J connectivity index is 1.51. The first-order valence-corrected chi connectivity index (χ1v) is 12.6. The summed E-state index contributed by atoms with van der Waals surface area (Å²) in [4.78, 5) is 30.5. The van der Waals surface area contributed by atoms with Gasteiger partial charge in [-0.1, -0.05) is 35.0 Å². The number of carbonyl (C=O) groups is 2. The second kappa shape index (κ2) is 12.2. The molecule has 0 radical (unpaired) electrons. The molecular formula is C27H30ClN3O7. The standard InChI is InChI=1S/C27H30ClN3O7/c1-16-12-23-22(38-23)8-4-3-6-17(13-19-25(27(35)37-16)20(32)14-21(33)26(19)28)30-36-15-24(34)29-10-9-18-7-5-11-31(18)2/h3-8,11,14,16,22-23,32-33H,9-10,12-13,15H2,1-2H3,(H,29,34)/b6-3+,8-4+,30-17+/t16-,22-,23-/m1/s1. The lowest BCUT2D eigenvalue weighted by molar-refractivity contribution is -0.125. The molecular weight excluding hydrogens is 514 g/mol. The van der Waals surface area contributed by atoms with Crippen LogP contribution in [0.1, 0.15) is 35.0 Å². The summed E-state index contributed by atoms with van der Waals surface area (Å²) in [6.45, 7) is 1.84. The highest BCUT2D eigenvalue weighted by Crippen LogP contribution is 2.38. The summed E-state index contributed by atoms with van der Waals surface area (Å²) < 4.78 is 13.1. The number of fused-ring (bicyclic) bond motifs is 2. The van der Waals surface area contributed by atoms with Gasteiger partial charge in [-0.3, -0.25) is 4.79 Å². The Morgan fingerprint density at radius 1 is 1.32 bits per heavy atom. The normalized spacial score (nSPS) is 23.9. The van der Waals surface area contributed by atoms with Crippen LogP contribution in [0.25, 0.3) is 0 Å². The van der Waals surface area contributed by atoms with Crippen molar-refractivity contribution in [1.29, 1.82) is 0 Å². The number of phenolic OH excluding ortho intramolecular Hbond substituents is 2. The van der Waals surface area contributed by atoms with Gasteiger partial charge >= 0.3 is 5.97 Å². The number of aromatic nitrogens is 1. The molecule has 1 aromatic carbocycles. The monoisotopic (exact) mass is 543 g/mol. The first-order chi connectivity index (χ1) is 18.2. The Labute approximate surface area is 225 Å². The van der Waals surface area contributed by atoms with E-state index in [4.69, 9.17) is 25.9 Å². The average molecular weight is 544 g/mol. The van der Waals surface area contributed by atoms with Gasteiger partial charge < -0.3 is 34.4 Å². The van der Waals surface area contributed by atoms with Crippen molar-refractivity contribution in [3.8, 4) is 11.5 Å². The second-order valence-corrected chi connectivity index (χ2v) is 9.54. The molecule has 38 heavy (non-hydrogen) atoms. The van der Waals surface area contributed by atoms with Gasteiger partial charge in [0.15, 0.2) is 6.61 Å². The number of esters is 1. The first-order valence-electron chi connectivity index (χ1n) is 12.2. The van der Waals surface area contributed by atoms with E-state index in [1.54, 1.807) is 25.2 Å². The molecule has 1 fully saturated rings. The molecule has 2 aromatic rings. The number of amides is 1. The number of ether oxygens (including phenoxy) is 2. The fraction of sp³-hybridized carbons (Fsp3) is 0.370. The summed E-state index contributed by atoms with van der Waals surface area (Å²) in [5.74, 6) is -2.02. The number of aryl methyl sites for hydroxylation is 1. The molecule has 0 aliphatic carbocycles. The lowest BCUT2D eigenvalue weighted by Gasteiger charge is -2.17. The summed E-state index contributed by atoms with van der Waals surface area (Å²) in [5.41, 5.74) is 1.30. The van der Waals surface area contributed by atoms with Gasteiger partial charge in [-0.15, -0.1) is 0 Å². The van der Waals surface area contributed by atoms with Gasteiger partial charge in [-0.25, -0.2) is 4.79 Å². The third-order valence-electron chi connectivity index (χ3n) is 6.21. The number of phenols is 2. The molecule has 3 atom stereocenters. The predicted molar refractivity (Wildman–Crippen MR) is 140 cm³/mol. The molecule has 0 spiro atoms. The average Bonchev–Trinajstić information content (AvgIpc) is 3.46. The molecule has 0 bridgehead atoms. The van der Waals surface area contributed by atoms with E-state index in [2.05, 4.69) is 10.5 Å². The summed E-state index contributed by atoms with van der Waals surface area (Å²) in [7, 11) is 1.94. The molecule has 202 valence electrons. The number of oxime groups is 1. The van der Waals surface area contributed by atoms with E-state index >= 15 is 0 Å². The van der Waals surface area contributed by atoms with Crippen LogP contribution < -0.4 is 5.32 Å². The fourth-order valence-corrected chi connectivity index (χ4v) is 4.38. The molecule has 3 N–H and O–H groups in total. The van der Waals surface area contributed by atoms with Crippen LogP contribution >= 0.6 is 11.6 Å². The fourth-order valence-electron chi connectivity index (χ4n) is 4.16. The molecule has 11 heteroatoms. The summed E-state index contributed by atoms with van der Waals surface area (Å²) >= 11 is 6.34. The Hall–Kier alpha value is -3.76. The van der Waals surface area contributed by atoms with Crippen molar-refractivity contribution in [1.82, 2.24) is 9.88 Å².